The Balaban J connectivity index is 1.44. The fourth-order valence-corrected chi connectivity index (χ4v) is 3.02. The van der Waals surface area contributed by atoms with Crippen LogP contribution >= 0.6 is 0 Å². The second-order valence-corrected chi connectivity index (χ2v) is 6.43. The van der Waals surface area contributed by atoms with Crippen LogP contribution in [0.5, 0.6) is 17.2 Å². The largest absolute Gasteiger partial charge is 0.497 e. The lowest BCUT2D eigenvalue weighted by Gasteiger charge is -2.27. The number of ether oxygens (including phenoxy) is 3. The number of aryl methyl sites for hydroxylation is 1. The SMILES string of the molecule is COc1ccc(OCCCC(=O)NC2CCOc3ccc(C)cc32)cc1. The zero-order valence-corrected chi connectivity index (χ0v) is 15.3. The highest BCUT2D eigenvalue weighted by Crippen LogP contribution is 2.32. The van der Waals surface area contributed by atoms with Crippen LogP contribution in [0.25, 0.3) is 0 Å². The summed E-state index contributed by atoms with van der Waals surface area (Å²) in [6, 6.07) is 13.5. The van der Waals surface area contributed by atoms with Crippen LogP contribution in [0.1, 0.15) is 36.4 Å². The van der Waals surface area contributed by atoms with E-state index in [-0.39, 0.29) is 11.9 Å². The van der Waals surface area contributed by atoms with Crippen LogP contribution in [0, 0.1) is 6.92 Å². The molecule has 1 amide bonds. The topological polar surface area (TPSA) is 56.8 Å². The first-order valence-corrected chi connectivity index (χ1v) is 8.95. The van der Waals surface area contributed by atoms with Gasteiger partial charge < -0.3 is 19.5 Å². The van der Waals surface area contributed by atoms with Crippen molar-refractivity contribution in [1.29, 1.82) is 0 Å². The zero-order valence-electron chi connectivity index (χ0n) is 15.3. The molecule has 0 saturated carbocycles. The van der Waals surface area contributed by atoms with Gasteiger partial charge >= 0.3 is 0 Å². The van der Waals surface area contributed by atoms with Crippen molar-refractivity contribution in [2.75, 3.05) is 20.3 Å². The Morgan fingerprint density at radius 3 is 2.73 bits per heavy atom. The Hall–Kier alpha value is -2.69. The summed E-state index contributed by atoms with van der Waals surface area (Å²) in [7, 11) is 1.63. The van der Waals surface area contributed by atoms with E-state index < -0.39 is 0 Å². The number of fused-ring (bicyclic) bond motifs is 1. The highest BCUT2D eigenvalue weighted by Gasteiger charge is 2.22. The van der Waals surface area contributed by atoms with Crippen molar-refractivity contribution >= 4 is 5.91 Å². The van der Waals surface area contributed by atoms with Crippen molar-refractivity contribution in [2.45, 2.75) is 32.2 Å². The molecule has 138 valence electrons. The Bertz CT molecular complexity index is 742. The van der Waals surface area contributed by atoms with Crippen LogP contribution in [-0.4, -0.2) is 26.2 Å². The Morgan fingerprint density at radius 2 is 1.96 bits per heavy atom. The van der Waals surface area contributed by atoms with E-state index >= 15 is 0 Å². The van der Waals surface area contributed by atoms with Gasteiger partial charge in [0, 0.05) is 18.4 Å². The molecule has 0 radical (unpaired) electrons. The minimum absolute atomic E-state index is 0.0219. The molecule has 0 bridgehead atoms. The molecule has 2 aromatic carbocycles. The number of rotatable bonds is 7. The van der Waals surface area contributed by atoms with Crippen LogP contribution in [0.15, 0.2) is 42.5 Å². The van der Waals surface area contributed by atoms with Gasteiger partial charge in [-0.05, 0) is 43.7 Å². The summed E-state index contributed by atoms with van der Waals surface area (Å²) in [5.41, 5.74) is 2.24. The Morgan fingerprint density at radius 1 is 1.19 bits per heavy atom. The fraction of sp³-hybridized carbons (Fsp3) is 0.381. The van der Waals surface area contributed by atoms with Crippen LogP contribution in [-0.2, 0) is 4.79 Å². The number of benzene rings is 2. The van der Waals surface area contributed by atoms with Crippen LogP contribution < -0.4 is 19.5 Å². The van der Waals surface area contributed by atoms with E-state index in [1.165, 1.54) is 5.56 Å². The predicted molar refractivity (Wildman–Crippen MR) is 99.9 cm³/mol. The first-order chi connectivity index (χ1) is 12.7. The smallest absolute Gasteiger partial charge is 0.220 e. The highest BCUT2D eigenvalue weighted by molar-refractivity contribution is 5.76. The summed E-state index contributed by atoms with van der Waals surface area (Å²) in [5, 5.41) is 3.13. The average molecular weight is 355 g/mol. The molecule has 1 N–H and O–H groups in total. The van der Waals surface area contributed by atoms with E-state index in [2.05, 4.69) is 11.4 Å². The zero-order chi connectivity index (χ0) is 18.4. The molecule has 26 heavy (non-hydrogen) atoms. The van der Waals surface area contributed by atoms with Crippen LogP contribution in [0.3, 0.4) is 0 Å². The summed E-state index contributed by atoms with van der Waals surface area (Å²) in [6.45, 7) is 3.18. The third-order valence-electron chi connectivity index (χ3n) is 4.42. The van der Waals surface area contributed by atoms with E-state index in [1.54, 1.807) is 7.11 Å². The second kappa shape index (κ2) is 8.61. The molecule has 0 spiro atoms. The molecule has 2 aromatic rings. The van der Waals surface area contributed by atoms with Gasteiger partial charge in [0.25, 0.3) is 0 Å². The maximum Gasteiger partial charge on any atom is 0.220 e. The Kier molecular flexibility index (Phi) is 6.00. The van der Waals surface area contributed by atoms with E-state index in [4.69, 9.17) is 14.2 Å². The maximum absolute atomic E-state index is 12.3. The summed E-state index contributed by atoms with van der Waals surface area (Å²) in [5.74, 6) is 2.49. The van der Waals surface area contributed by atoms with Gasteiger partial charge in [0.05, 0.1) is 26.4 Å². The van der Waals surface area contributed by atoms with Crippen molar-refractivity contribution in [3.05, 3.63) is 53.6 Å². The number of carbonyl (C=O) groups is 1. The van der Waals surface area contributed by atoms with Gasteiger partial charge in [0.15, 0.2) is 0 Å². The number of hydrogen-bond acceptors (Lipinski definition) is 4. The van der Waals surface area contributed by atoms with Gasteiger partial charge in [-0.15, -0.1) is 0 Å². The molecular weight excluding hydrogens is 330 g/mol. The van der Waals surface area contributed by atoms with Gasteiger partial charge in [0.1, 0.15) is 17.2 Å². The maximum atomic E-state index is 12.3. The molecule has 0 aromatic heterocycles. The van der Waals surface area contributed by atoms with E-state index in [0.29, 0.717) is 26.1 Å². The van der Waals surface area contributed by atoms with Crippen LogP contribution in [0.4, 0.5) is 0 Å². The van der Waals surface area contributed by atoms with E-state index in [1.807, 2.05) is 43.3 Å². The normalized spacial score (nSPS) is 15.5. The molecule has 1 unspecified atom stereocenters. The van der Waals surface area contributed by atoms with Gasteiger partial charge in [-0.1, -0.05) is 17.7 Å². The molecule has 0 aliphatic carbocycles. The number of carbonyl (C=O) groups excluding carboxylic acids is 1. The van der Waals surface area contributed by atoms with Crippen molar-refractivity contribution in [3.63, 3.8) is 0 Å². The third kappa shape index (κ3) is 4.69. The lowest BCUT2D eigenvalue weighted by molar-refractivity contribution is -0.122. The molecule has 1 heterocycles. The first-order valence-electron chi connectivity index (χ1n) is 8.95. The van der Waals surface area contributed by atoms with Gasteiger partial charge in [-0.25, -0.2) is 0 Å². The minimum Gasteiger partial charge on any atom is -0.497 e. The molecule has 5 nitrogen and oxygen atoms in total. The van der Waals surface area contributed by atoms with Gasteiger partial charge in [-0.3, -0.25) is 4.79 Å². The van der Waals surface area contributed by atoms with Crippen molar-refractivity contribution < 1.29 is 19.0 Å². The number of hydrogen-bond donors (Lipinski definition) is 1. The molecule has 1 aliphatic rings. The minimum atomic E-state index is 0.0219. The molecule has 1 atom stereocenters. The monoisotopic (exact) mass is 355 g/mol. The summed E-state index contributed by atoms with van der Waals surface area (Å²) >= 11 is 0. The quantitative estimate of drug-likeness (QED) is 0.768. The number of nitrogens with one attached hydrogen (secondary N) is 1. The van der Waals surface area contributed by atoms with Gasteiger partial charge in [-0.2, -0.15) is 0 Å². The molecule has 3 rings (SSSR count). The van der Waals surface area contributed by atoms with Crippen molar-refractivity contribution in [1.82, 2.24) is 5.32 Å². The van der Waals surface area contributed by atoms with Gasteiger partial charge in [0.2, 0.25) is 5.91 Å². The lowest BCUT2D eigenvalue weighted by Crippen LogP contribution is -2.32. The second-order valence-electron chi connectivity index (χ2n) is 6.43. The molecule has 0 fully saturated rings. The molecular formula is C21H25NO4. The first kappa shape index (κ1) is 18.1. The predicted octanol–water partition coefficient (Wildman–Crippen LogP) is 3.80. The van der Waals surface area contributed by atoms with Crippen LogP contribution in [0.2, 0.25) is 0 Å². The number of amides is 1. The molecule has 0 saturated heterocycles. The lowest BCUT2D eigenvalue weighted by atomic mass is 9.98. The summed E-state index contributed by atoms with van der Waals surface area (Å²) in [4.78, 5) is 12.3. The van der Waals surface area contributed by atoms with Crippen molar-refractivity contribution in [3.8, 4) is 17.2 Å². The van der Waals surface area contributed by atoms with E-state index in [0.717, 1.165) is 29.2 Å². The Labute approximate surface area is 154 Å². The highest BCUT2D eigenvalue weighted by atomic mass is 16.5. The van der Waals surface area contributed by atoms with Crippen molar-refractivity contribution in [2.24, 2.45) is 0 Å². The molecule has 5 heteroatoms. The summed E-state index contributed by atoms with van der Waals surface area (Å²) < 4.78 is 16.4. The summed E-state index contributed by atoms with van der Waals surface area (Å²) in [6.07, 6.45) is 1.90. The standard InChI is InChI=1S/C21H25NO4/c1-15-5-10-20-18(14-15)19(11-13-26-20)22-21(23)4-3-12-25-17-8-6-16(24-2)7-9-17/h5-10,14,19H,3-4,11-13H2,1-2H3,(H,22,23). The fourth-order valence-electron chi connectivity index (χ4n) is 3.02. The molecule has 1 aliphatic heterocycles. The van der Waals surface area contributed by atoms with E-state index in [9.17, 15) is 4.79 Å². The third-order valence-corrected chi connectivity index (χ3v) is 4.42. The average Bonchev–Trinajstić information content (AvgIpc) is 2.66. The number of methoxy groups -OCH3 is 1.